The van der Waals surface area contributed by atoms with Crippen LogP contribution in [0.5, 0.6) is 0 Å². The molecule has 0 amide bonds. The number of nitrogens with one attached hydrogen (secondary N) is 1. The fourth-order valence-electron chi connectivity index (χ4n) is 1.36. The molecule has 0 fully saturated rings. The lowest BCUT2D eigenvalue weighted by atomic mass is 10.0. The molecule has 0 aromatic heterocycles. The van der Waals surface area contributed by atoms with Crippen LogP contribution in [-0.2, 0) is 0 Å². The van der Waals surface area contributed by atoms with E-state index in [2.05, 4.69) is 61.0 Å². The van der Waals surface area contributed by atoms with Crippen molar-refractivity contribution in [2.75, 3.05) is 55.4 Å². The van der Waals surface area contributed by atoms with Gasteiger partial charge >= 0.3 is 0 Å². The molecule has 4 nitrogen and oxygen atoms in total. The van der Waals surface area contributed by atoms with Gasteiger partial charge in [-0.05, 0) is 63.0 Å². The quantitative estimate of drug-likeness (QED) is 0.351. The molecule has 170 valence electrons. The lowest BCUT2D eigenvalue weighted by Gasteiger charge is -2.32. The Morgan fingerprint density at radius 3 is 1.22 bits per heavy atom. The van der Waals surface area contributed by atoms with Crippen LogP contribution < -0.4 is 4.84 Å². The fraction of sp³-hybridized carbons (Fsp3) is 1.00. The van der Waals surface area contributed by atoms with E-state index in [0.29, 0.717) is 0 Å². The third-order valence-electron chi connectivity index (χ3n) is 3.52. The molecule has 1 N–H and O–H groups in total. The van der Waals surface area contributed by atoms with Gasteiger partial charge in [0.15, 0.2) is 0 Å². The fourth-order valence-corrected chi connectivity index (χ4v) is 1.62. The summed E-state index contributed by atoms with van der Waals surface area (Å²) < 4.78 is 3.16. The number of hydrogen-bond acceptors (Lipinski definition) is 2. The highest BCUT2D eigenvalue weighted by molar-refractivity contribution is 6.34. The van der Waals surface area contributed by atoms with E-state index in [1.165, 1.54) is 3.94 Å². The number of rotatable bonds is 8. The molecule has 0 bridgehead atoms. The number of nitrogens with zero attached hydrogens (tertiary/aromatic N) is 3. The molecular formula is C20H51Cl3N4+2. The summed E-state index contributed by atoms with van der Waals surface area (Å²) in [7, 11) is 13.0. The first kappa shape index (κ1) is 35.2. The van der Waals surface area contributed by atoms with Crippen molar-refractivity contribution in [3.8, 4) is 0 Å². The predicted octanol–water partition coefficient (Wildman–Crippen LogP) is 6.13. The van der Waals surface area contributed by atoms with Crippen LogP contribution in [0.15, 0.2) is 0 Å². The highest BCUT2D eigenvalue weighted by Gasteiger charge is 2.26. The second kappa shape index (κ2) is 16.5. The molecule has 0 rings (SSSR count). The molecule has 7 heteroatoms. The summed E-state index contributed by atoms with van der Waals surface area (Å²) >= 11 is 16.9. The van der Waals surface area contributed by atoms with Gasteiger partial charge in [0.2, 0.25) is 0 Å². The van der Waals surface area contributed by atoms with Crippen LogP contribution in [0, 0.1) is 0 Å². The zero-order chi connectivity index (χ0) is 23.1. The van der Waals surface area contributed by atoms with Gasteiger partial charge in [-0.3, -0.25) is 0 Å². The Kier molecular flexibility index (Phi) is 21.5. The van der Waals surface area contributed by atoms with E-state index in [1.54, 1.807) is 0 Å². The largest absolute Gasteiger partial charge is 0.331 e. The number of halogens is 3. The lowest BCUT2D eigenvalue weighted by molar-refractivity contribution is -0.871. The summed E-state index contributed by atoms with van der Waals surface area (Å²) in [4.78, 5) is 2.78. The second-order valence-corrected chi connectivity index (χ2v) is 10.6. The van der Waals surface area contributed by atoms with Gasteiger partial charge in [-0.1, -0.05) is 27.7 Å². The minimum absolute atomic E-state index is 0.0487. The van der Waals surface area contributed by atoms with Crippen LogP contribution in [0.1, 0.15) is 68.2 Å². The molecular weight excluding hydrogens is 403 g/mol. The van der Waals surface area contributed by atoms with Crippen molar-refractivity contribution < 1.29 is 8.97 Å². The van der Waals surface area contributed by atoms with E-state index < -0.39 is 0 Å². The SMILES string of the molecule is CC.CC.CC(C)(CC[N+](C)(C)C)N(Cl)Cl.CC(C)(CC[N+](C)(C)C)NCl. The average Bonchev–Trinajstić information content (AvgIpc) is 2.54. The lowest BCUT2D eigenvalue weighted by Crippen LogP contribution is -2.42. The summed E-state index contributed by atoms with van der Waals surface area (Å²) in [6.45, 7) is 18.5. The third-order valence-corrected chi connectivity index (χ3v) is 4.94. The van der Waals surface area contributed by atoms with E-state index >= 15 is 0 Å². The molecule has 0 heterocycles. The first-order chi connectivity index (χ1) is 11.9. The first-order valence-corrected chi connectivity index (χ1v) is 11.1. The van der Waals surface area contributed by atoms with E-state index in [9.17, 15) is 0 Å². The molecule has 0 spiro atoms. The van der Waals surface area contributed by atoms with Crippen LogP contribution in [0.25, 0.3) is 0 Å². The molecule has 0 saturated heterocycles. The van der Waals surface area contributed by atoms with Crippen molar-refractivity contribution >= 4 is 35.3 Å². The topological polar surface area (TPSA) is 15.3 Å². The van der Waals surface area contributed by atoms with Crippen molar-refractivity contribution in [3.05, 3.63) is 0 Å². The molecule has 27 heavy (non-hydrogen) atoms. The van der Waals surface area contributed by atoms with Crippen LogP contribution in [-0.4, -0.2) is 79.4 Å². The van der Waals surface area contributed by atoms with Gasteiger partial charge in [-0.2, -0.15) is 0 Å². The zero-order valence-electron chi connectivity index (χ0n) is 20.8. The maximum absolute atomic E-state index is 5.69. The maximum Gasteiger partial charge on any atom is 0.0799 e. The average molecular weight is 454 g/mol. The smallest absolute Gasteiger partial charge is 0.0799 e. The van der Waals surface area contributed by atoms with E-state index in [4.69, 9.17) is 35.3 Å². The highest BCUT2D eigenvalue weighted by Crippen LogP contribution is 2.23. The van der Waals surface area contributed by atoms with Crippen LogP contribution >= 0.6 is 35.3 Å². The minimum Gasteiger partial charge on any atom is -0.331 e. The number of quaternary nitrogens is 2. The Labute approximate surface area is 187 Å². The Morgan fingerprint density at radius 2 is 1.00 bits per heavy atom. The minimum atomic E-state index is -0.144. The molecule has 0 unspecified atom stereocenters. The summed E-state index contributed by atoms with van der Waals surface area (Å²) in [6.07, 6.45) is 2.06. The zero-order valence-corrected chi connectivity index (χ0v) is 23.1. The monoisotopic (exact) mass is 452 g/mol. The van der Waals surface area contributed by atoms with Crippen LogP contribution in [0.2, 0.25) is 0 Å². The molecule has 0 aromatic carbocycles. The molecule has 0 aliphatic rings. The highest BCUT2D eigenvalue weighted by atomic mass is 35.5. The van der Waals surface area contributed by atoms with E-state index in [0.717, 1.165) is 34.9 Å². The van der Waals surface area contributed by atoms with Crippen molar-refractivity contribution in [1.29, 1.82) is 0 Å². The molecule has 0 aliphatic heterocycles. The van der Waals surface area contributed by atoms with Gasteiger partial charge < -0.3 is 8.97 Å². The molecule has 0 saturated carbocycles. The van der Waals surface area contributed by atoms with Gasteiger partial charge in [-0.15, -0.1) is 3.94 Å². The van der Waals surface area contributed by atoms with Gasteiger partial charge in [0, 0.05) is 18.4 Å². The summed E-state index contributed by atoms with van der Waals surface area (Å²) in [5.74, 6) is 0. The van der Waals surface area contributed by atoms with E-state index in [1.807, 2.05) is 41.5 Å². The Balaban J connectivity index is -0.000000165. The second-order valence-electron chi connectivity index (χ2n) is 9.55. The third kappa shape index (κ3) is 29.0. The van der Waals surface area contributed by atoms with Crippen molar-refractivity contribution in [3.63, 3.8) is 0 Å². The van der Waals surface area contributed by atoms with E-state index in [-0.39, 0.29) is 11.1 Å². The summed E-state index contributed by atoms with van der Waals surface area (Å²) in [5.41, 5.74) is -0.0955. The Morgan fingerprint density at radius 1 is 0.704 bits per heavy atom. The Bertz CT molecular complexity index is 320. The maximum atomic E-state index is 5.69. The van der Waals surface area contributed by atoms with Crippen LogP contribution in [0.4, 0.5) is 0 Å². The molecule has 0 aromatic rings. The van der Waals surface area contributed by atoms with Crippen molar-refractivity contribution in [1.82, 2.24) is 8.77 Å². The summed E-state index contributed by atoms with van der Waals surface area (Å²) in [5, 5.41) is 0. The Hall–Kier alpha value is 0.710. The summed E-state index contributed by atoms with van der Waals surface area (Å²) in [6, 6.07) is 0. The van der Waals surface area contributed by atoms with Gasteiger partial charge in [0.25, 0.3) is 0 Å². The van der Waals surface area contributed by atoms with Crippen LogP contribution in [0.3, 0.4) is 0 Å². The predicted molar refractivity (Wildman–Crippen MR) is 128 cm³/mol. The van der Waals surface area contributed by atoms with Crippen molar-refractivity contribution in [2.45, 2.75) is 79.3 Å². The van der Waals surface area contributed by atoms with Crippen molar-refractivity contribution in [2.24, 2.45) is 0 Å². The molecule has 0 aliphatic carbocycles. The molecule has 0 atom stereocenters. The van der Waals surface area contributed by atoms with Gasteiger partial charge in [-0.25, -0.2) is 4.84 Å². The molecule has 0 radical (unpaired) electrons. The first-order valence-electron chi connectivity index (χ1n) is 10.0. The number of hydrogen-bond donors (Lipinski definition) is 1. The standard InChI is InChI=1S/C8H19Cl2N2.C8H20ClN2.2C2H6/c1-8(2,11(9)10)6-7-12(3,4)5;1-8(2,10-9)6-7-11(3,4)5;2*1-2/h6-7H2,1-5H3;10H,6-7H2,1-5H3;2*1-2H3/q2*+1;;. The van der Waals surface area contributed by atoms with Gasteiger partial charge in [0.1, 0.15) is 0 Å². The normalized spacial score (nSPS) is 12.2. The van der Waals surface area contributed by atoms with Gasteiger partial charge in [0.05, 0.1) is 60.9 Å².